The third-order valence-electron chi connectivity index (χ3n) is 9.17. The minimum atomic E-state index is -4.36. The maximum atomic E-state index is 14.3. The quantitative estimate of drug-likeness (QED) is 0.0711. The van der Waals surface area contributed by atoms with Crippen LogP contribution in [0.5, 0.6) is 0 Å². The summed E-state index contributed by atoms with van der Waals surface area (Å²) in [5, 5.41) is 2.40. The molecule has 55 heavy (non-hydrogen) atoms. The Morgan fingerprint density at radius 2 is 1.55 bits per heavy atom. The molecule has 5 rings (SSSR count). The lowest BCUT2D eigenvalue weighted by Crippen LogP contribution is -2.43. The largest absolute Gasteiger partial charge is 0.448 e. The molecule has 0 fully saturated rings. The number of amides is 2. The SMILES string of the molecule is CCCCCCCCCCCCC(=O)NS(=O)(=O)c1cc(Cl)c(NC(=O)/C(=N\c2ccc(N(C)C)cc2)C2=Nc3ccccc3CN2c2ccco2)cc1Cl. The summed E-state index contributed by atoms with van der Waals surface area (Å²) < 4.78 is 34.4. The van der Waals surface area contributed by atoms with Crippen molar-refractivity contribution >= 4 is 85.2 Å². The summed E-state index contributed by atoms with van der Waals surface area (Å²) in [6.45, 7) is 2.55. The molecule has 14 heteroatoms. The zero-order valence-electron chi connectivity index (χ0n) is 31.5. The van der Waals surface area contributed by atoms with E-state index in [9.17, 15) is 18.0 Å². The standard InChI is InChI=1S/C41H48Cl2N6O5S/c1-4-5-6-7-8-9-10-11-12-13-19-37(50)47-55(52,53)36-27-32(42)35(26-33(36)43)46-41(51)39(44-30-21-23-31(24-22-30)48(2)3)40-45-34-18-15-14-17-29(34)28-49(40)38-20-16-25-54-38/h14-18,20-27H,4-13,19,28H2,1-3H3,(H,46,51)(H,47,50)/b44-39-. The highest BCUT2D eigenvalue weighted by Gasteiger charge is 2.31. The van der Waals surface area contributed by atoms with Crippen LogP contribution in [0.4, 0.5) is 28.6 Å². The van der Waals surface area contributed by atoms with Gasteiger partial charge in [0.2, 0.25) is 11.8 Å². The van der Waals surface area contributed by atoms with Gasteiger partial charge in [0.1, 0.15) is 4.90 Å². The van der Waals surface area contributed by atoms with E-state index in [0.29, 0.717) is 30.2 Å². The number of rotatable bonds is 19. The Bertz CT molecular complexity index is 2100. The maximum Gasteiger partial charge on any atom is 0.278 e. The number of carbonyl (C=O) groups excluding carboxylic acids is 2. The lowest BCUT2D eigenvalue weighted by Gasteiger charge is -2.28. The van der Waals surface area contributed by atoms with Crippen LogP contribution in [0.3, 0.4) is 0 Å². The number of halogens is 2. The fraction of sp³-hybridized carbons (Fsp3) is 0.366. The number of fused-ring (bicyclic) bond motifs is 1. The van der Waals surface area contributed by atoms with Crippen molar-refractivity contribution in [3.63, 3.8) is 0 Å². The number of nitrogens with zero attached hydrogens (tertiary/aromatic N) is 4. The summed E-state index contributed by atoms with van der Waals surface area (Å²) in [7, 11) is -0.513. The topological polar surface area (TPSA) is 137 Å². The van der Waals surface area contributed by atoms with Gasteiger partial charge in [-0.15, -0.1) is 0 Å². The van der Waals surface area contributed by atoms with Crippen molar-refractivity contribution in [1.29, 1.82) is 0 Å². The molecule has 0 atom stereocenters. The molecule has 0 saturated heterocycles. The van der Waals surface area contributed by atoms with E-state index in [1.54, 1.807) is 29.2 Å². The molecule has 2 heterocycles. The van der Waals surface area contributed by atoms with Crippen molar-refractivity contribution in [3.05, 3.63) is 94.7 Å². The molecular formula is C41H48Cl2N6O5S. The number of hydrogen-bond donors (Lipinski definition) is 2. The van der Waals surface area contributed by atoms with Gasteiger partial charge in [-0.25, -0.2) is 23.1 Å². The van der Waals surface area contributed by atoms with Crippen LogP contribution in [0.2, 0.25) is 10.0 Å². The van der Waals surface area contributed by atoms with Gasteiger partial charge in [0.25, 0.3) is 15.9 Å². The summed E-state index contributed by atoms with van der Waals surface area (Å²) in [6, 6.07) is 20.7. The van der Waals surface area contributed by atoms with Gasteiger partial charge in [-0.3, -0.25) is 14.5 Å². The van der Waals surface area contributed by atoms with Crippen LogP contribution < -0.4 is 19.8 Å². The summed E-state index contributed by atoms with van der Waals surface area (Å²) in [5.41, 5.74) is 2.97. The predicted octanol–water partition coefficient (Wildman–Crippen LogP) is 10.2. The van der Waals surface area contributed by atoms with Gasteiger partial charge in [-0.05, 0) is 60.5 Å². The number of para-hydroxylation sites is 1. The summed E-state index contributed by atoms with van der Waals surface area (Å²) in [6.07, 6.45) is 12.5. The highest BCUT2D eigenvalue weighted by Crippen LogP contribution is 2.34. The molecule has 1 aliphatic heterocycles. The average molecular weight is 808 g/mol. The van der Waals surface area contributed by atoms with Crippen LogP contribution in [-0.4, -0.2) is 45.9 Å². The van der Waals surface area contributed by atoms with Crippen molar-refractivity contribution < 1.29 is 22.4 Å². The van der Waals surface area contributed by atoms with Crippen LogP contribution in [0.1, 0.15) is 83.1 Å². The van der Waals surface area contributed by atoms with Gasteiger partial charge in [0.05, 0.1) is 39.9 Å². The molecule has 0 radical (unpaired) electrons. The third kappa shape index (κ3) is 11.4. The number of carbonyl (C=O) groups is 2. The normalized spacial score (nSPS) is 12.9. The van der Waals surface area contributed by atoms with E-state index < -0.39 is 21.8 Å². The predicted molar refractivity (Wildman–Crippen MR) is 223 cm³/mol. The molecule has 1 aromatic heterocycles. The number of nitrogens with one attached hydrogen (secondary N) is 2. The lowest BCUT2D eigenvalue weighted by molar-refractivity contribution is -0.119. The number of anilines is 3. The van der Waals surface area contributed by atoms with Crippen LogP contribution in [0, 0.1) is 0 Å². The molecule has 292 valence electrons. The van der Waals surface area contributed by atoms with Crippen molar-refractivity contribution in [2.24, 2.45) is 9.98 Å². The van der Waals surface area contributed by atoms with Gasteiger partial charge in [0, 0.05) is 32.3 Å². The smallest absolute Gasteiger partial charge is 0.278 e. The molecule has 4 aromatic rings. The summed E-state index contributed by atoms with van der Waals surface area (Å²) in [5.74, 6) is -0.652. The minimum Gasteiger partial charge on any atom is -0.448 e. The van der Waals surface area contributed by atoms with Gasteiger partial charge in [-0.1, -0.05) is 106 Å². The minimum absolute atomic E-state index is 0.0318. The molecule has 0 saturated carbocycles. The third-order valence-corrected chi connectivity index (χ3v) is 11.3. The Balaban J connectivity index is 1.33. The van der Waals surface area contributed by atoms with E-state index in [4.69, 9.17) is 37.6 Å². The number of amidine groups is 1. The van der Waals surface area contributed by atoms with E-state index in [1.807, 2.05) is 55.4 Å². The average Bonchev–Trinajstić information content (AvgIpc) is 3.70. The van der Waals surface area contributed by atoms with Gasteiger partial charge >= 0.3 is 0 Å². The second-order valence-electron chi connectivity index (χ2n) is 13.7. The van der Waals surface area contributed by atoms with Gasteiger partial charge in [0.15, 0.2) is 11.5 Å². The first-order valence-electron chi connectivity index (χ1n) is 18.7. The Kier molecular flexibility index (Phi) is 14.9. The Morgan fingerprint density at radius 1 is 0.873 bits per heavy atom. The van der Waals surface area contributed by atoms with Crippen molar-refractivity contribution in [1.82, 2.24) is 4.72 Å². The number of sulfonamides is 1. The van der Waals surface area contributed by atoms with E-state index >= 15 is 0 Å². The molecule has 0 aliphatic carbocycles. The molecule has 2 amide bonds. The highest BCUT2D eigenvalue weighted by atomic mass is 35.5. The highest BCUT2D eigenvalue weighted by molar-refractivity contribution is 7.90. The molecule has 11 nitrogen and oxygen atoms in total. The van der Waals surface area contributed by atoms with E-state index in [2.05, 4.69) is 17.0 Å². The van der Waals surface area contributed by atoms with Crippen molar-refractivity contribution in [2.45, 2.75) is 89.0 Å². The molecule has 1 aliphatic rings. The van der Waals surface area contributed by atoms with Crippen LogP contribution >= 0.6 is 23.2 Å². The van der Waals surface area contributed by atoms with Gasteiger partial charge in [-0.2, -0.15) is 0 Å². The second-order valence-corrected chi connectivity index (χ2v) is 16.1. The zero-order chi connectivity index (χ0) is 39.4. The Hall–Kier alpha value is -4.65. The molecular weight excluding hydrogens is 759 g/mol. The Labute approximate surface area is 333 Å². The van der Waals surface area contributed by atoms with Gasteiger partial charge < -0.3 is 14.6 Å². The second kappa shape index (κ2) is 19.8. The van der Waals surface area contributed by atoms with Crippen molar-refractivity contribution in [3.8, 4) is 0 Å². The Morgan fingerprint density at radius 3 is 2.20 bits per heavy atom. The van der Waals surface area contributed by atoms with E-state index in [-0.39, 0.29) is 38.6 Å². The first kappa shape index (κ1) is 41.5. The van der Waals surface area contributed by atoms with E-state index in [1.165, 1.54) is 50.9 Å². The number of furan rings is 1. The summed E-state index contributed by atoms with van der Waals surface area (Å²) >= 11 is 13.1. The summed E-state index contributed by atoms with van der Waals surface area (Å²) in [4.78, 5) is 39.8. The number of unbranched alkanes of at least 4 members (excludes halogenated alkanes) is 9. The first-order chi connectivity index (χ1) is 26.5. The molecule has 0 bridgehead atoms. The maximum absolute atomic E-state index is 14.3. The molecule has 2 N–H and O–H groups in total. The number of hydrogen-bond acceptors (Lipinski definition) is 9. The lowest BCUT2D eigenvalue weighted by atomic mass is 10.1. The molecule has 0 spiro atoms. The fourth-order valence-corrected chi connectivity index (χ4v) is 8.00. The zero-order valence-corrected chi connectivity index (χ0v) is 33.8. The first-order valence-corrected chi connectivity index (χ1v) is 20.9. The monoisotopic (exact) mass is 806 g/mol. The number of benzene rings is 3. The van der Waals surface area contributed by atoms with Crippen LogP contribution in [0.25, 0.3) is 0 Å². The van der Waals surface area contributed by atoms with E-state index in [0.717, 1.165) is 36.6 Å². The van der Waals surface area contributed by atoms with Crippen LogP contribution in [0.15, 0.2) is 98.4 Å². The molecule has 0 unspecified atom stereocenters. The van der Waals surface area contributed by atoms with Crippen molar-refractivity contribution in [2.75, 3.05) is 29.2 Å². The number of aliphatic imine (C=N–C) groups is 2. The molecule has 3 aromatic carbocycles. The fourth-order valence-electron chi connectivity index (χ4n) is 6.16. The van der Waals surface area contributed by atoms with Crippen LogP contribution in [-0.2, 0) is 26.2 Å².